The standard InChI is InChI=1S/C22H24N2O/c1-22(2,3)24-13-12-18-20(15-8-6-5-7-9-15)17-11-10-16(25-4)14-19(17)23-21(18)24/h5-11,14H,12-13H2,1-4H3. The summed E-state index contributed by atoms with van der Waals surface area (Å²) in [7, 11) is 1.70. The topological polar surface area (TPSA) is 25.4 Å². The van der Waals surface area contributed by atoms with Crippen LogP contribution in [0, 0.1) is 0 Å². The molecule has 1 aliphatic rings. The summed E-state index contributed by atoms with van der Waals surface area (Å²) in [5.41, 5.74) is 4.98. The van der Waals surface area contributed by atoms with Gasteiger partial charge in [-0.2, -0.15) is 0 Å². The number of methoxy groups -OCH3 is 1. The van der Waals surface area contributed by atoms with Gasteiger partial charge in [0, 0.05) is 29.1 Å². The third kappa shape index (κ3) is 2.64. The van der Waals surface area contributed by atoms with Gasteiger partial charge in [0.25, 0.3) is 0 Å². The fourth-order valence-corrected chi connectivity index (χ4v) is 3.78. The summed E-state index contributed by atoms with van der Waals surface area (Å²) >= 11 is 0. The third-order valence-electron chi connectivity index (χ3n) is 4.99. The number of hydrogen-bond donors (Lipinski definition) is 0. The highest BCUT2D eigenvalue weighted by molar-refractivity contribution is 5.99. The van der Waals surface area contributed by atoms with Gasteiger partial charge < -0.3 is 9.64 Å². The second-order valence-corrected chi connectivity index (χ2v) is 7.61. The average Bonchev–Trinajstić information content (AvgIpc) is 3.03. The van der Waals surface area contributed by atoms with Crippen molar-refractivity contribution in [1.82, 2.24) is 4.98 Å². The lowest BCUT2D eigenvalue weighted by atomic mass is 9.95. The molecule has 0 unspecified atom stereocenters. The van der Waals surface area contributed by atoms with Crippen LogP contribution in [0.15, 0.2) is 48.5 Å². The van der Waals surface area contributed by atoms with E-state index in [1.165, 1.54) is 22.1 Å². The number of ether oxygens (including phenoxy) is 1. The first-order valence-corrected chi connectivity index (χ1v) is 8.83. The summed E-state index contributed by atoms with van der Waals surface area (Å²) in [6, 6.07) is 16.9. The molecule has 1 aromatic heterocycles. The summed E-state index contributed by atoms with van der Waals surface area (Å²) in [6.45, 7) is 7.77. The second kappa shape index (κ2) is 5.76. The van der Waals surface area contributed by atoms with Crippen LogP contribution < -0.4 is 9.64 Å². The van der Waals surface area contributed by atoms with Crippen molar-refractivity contribution in [2.75, 3.05) is 18.6 Å². The lowest BCUT2D eigenvalue weighted by molar-refractivity contribution is 0.415. The Balaban J connectivity index is 2.05. The minimum Gasteiger partial charge on any atom is -0.497 e. The van der Waals surface area contributed by atoms with Gasteiger partial charge >= 0.3 is 0 Å². The zero-order valence-corrected chi connectivity index (χ0v) is 15.3. The van der Waals surface area contributed by atoms with E-state index in [-0.39, 0.29) is 5.54 Å². The summed E-state index contributed by atoms with van der Waals surface area (Å²) in [4.78, 5) is 7.47. The molecule has 0 spiro atoms. The van der Waals surface area contributed by atoms with Crippen LogP contribution in [0.2, 0.25) is 0 Å². The van der Waals surface area contributed by atoms with E-state index in [4.69, 9.17) is 9.72 Å². The van der Waals surface area contributed by atoms with Crippen LogP contribution >= 0.6 is 0 Å². The van der Waals surface area contributed by atoms with E-state index in [2.05, 4.69) is 62.1 Å². The summed E-state index contributed by atoms with van der Waals surface area (Å²) in [5.74, 6) is 1.96. The fourth-order valence-electron chi connectivity index (χ4n) is 3.78. The molecule has 2 heterocycles. The maximum Gasteiger partial charge on any atom is 0.133 e. The Morgan fingerprint density at radius 2 is 1.80 bits per heavy atom. The lowest BCUT2D eigenvalue weighted by Crippen LogP contribution is -2.40. The molecule has 0 atom stereocenters. The SMILES string of the molecule is COc1ccc2c(-c3ccccc3)c3c(nc2c1)N(C(C)(C)C)CC3. The number of anilines is 1. The van der Waals surface area contributed by atoms with E-state index in [9.17, 15) is 0 Å². The van der Waals surface area contributed by atoms with E-state index in [0.29, 0.717) is 0 Å². The van der Waals surface area contributed by atoms with Crippen molar-refractivity contribution in [3.05, 3.63) is 54.1 Å². The predicted molar refractivity (Wildman–Crippen MR) is 105 cm³/mol. The lowest BCUT2D eigenvalue weighted by Gasteiger charge is -2.33. The Hall–Kier alpha value is -2.55. The monoisotopic (exact) mass is 332 g/mol. The highest BCUT2D eigenvalue weighted by Crippen LogP contribution is 2.42. The second-order valence-electron chi connectivity index (χ2n) is 7.61. The number of fused-ring (bicyclic) bond motifs is 2. The Labute approximate surface area is 149 Å². The van der Waals surface area contributed by atoms with Gasteiger partial charge in [-0.05, 0) is 50.5 Å². The number of benzene rings is 2. The van der Waals surface area contributed by atoms with Crippen LogP contribution in [-0.4, -0.2) is 24.2 Å². The van der Waals surface area contributed by atoms with Gasteiger partial charge in [0.1, 0.15) is 11.6 Å². The Kier molecular flexibility index (Phi) is 3.68. The van der Waals surface area contributed by atoms with Crippen LogP contribution in [0.25, 0.3) is 22.0 Å². The highest BCUT2D eigenvalue weighted by atomic mass is 16.5. The first-order chi connectivity index (χ1) is 12.0. The zero-order valence-electron chi connectivity index (χ0n) is 15.3. The molecule has 128 valence electrons. The van der Waals surface area contributed by atoms with E-state index < -0.39 is 0 Å². The Morgan fingerprint density at radius 3 is 2.48 bits per heavy atom. The zero-order chi connectivity index (χ0) is 17.6. The minimum absolute atomic E-state index is 0.0543. The molecule has 3 heteroatoms. The summed E-state index contributed by atoms with van der Waals surface area (Å²) in [6.07, 6.45) is 1.03. The van der Waals surface area contributed by atoms with Crippen LogP contribution in [0.3, 0.4) is 0 Å². The molecular formula is C22H24N2O. The van der Waals surface area contributed by atoms with E-state index in [1.807, 2.05) is 12.1 Å². The van der Waals surface area contributed by atoms with E-state index >= 15 is 0 Å². The molecule has 3 aromatic rings. The summed E-state index contributed by atoms with van der Waals surface area (Å²) in [5, 5.41) is 1.20. The molecule has 4 rings (SSSR count). The first-order valence-electron chi connectivity index (χ1n) is 8.83. The summed E-state index contributed by atoms with van der Waals surface area (Å²) < 4.78 is 5.43. The molecule has 0 amide bonds. The molecule has 2 aromatic carbocycles. The number of rotatable bonds is 2. The molecule has 0 radical (unpaired) electrons. The molecule has 0 aliphatic carbocycles. The maximum atomic E-state index is 5.43. The van der Waals surface area contributed by atoms with Gasteiger partial charge in [-0.3, -0.25) is 0 Å². The normalized spacial score (nSPS) is 14.0. The van der Waals surface area contributed by atoms with Gasteiger partial charge in [-0.25, -0.2) is 4.98 Å². The van der Waals surface area contributed by atoms with Crippen molar-refractivity contribution in [3.63, 3.8) is 0 Å². The maximum absolute atomic E-state index is 5.43. The number of hydrogen-bond acceptors (Lipinski definition) is 3. The van der Waals surface area contributed by atoms with Crippen LogP contribution in [0.4, 0.5) is 5.82 Å². The van der Waals surface area contributed by atoms with Crippen molar-refractivity contribution < 1.29 is 4.74 Å². The largest absolute Gasteiger partial charge is 0.497 e. The molecule has 25 heavy (non-hydrogen) atoms. The van der Waals surface area contributed by atoms with Gasteiger partial charge in [0.2, 0.25) is 0 Å². The van der Waals surface area contributed by atoms with Crippen LogP contribution in [0.1, 0.15) is 26.3 Å². The smallest absolute Gasteiger partial charge is 0.133 e. The van der Waals surface area contributed by atoms with Gasteiger partial charge in [0.05, 0.1) is 12.6 Å². The van der Waals surface area contributed by atoms with E-state index in [0.717, 1.165) is 30.0 Å². The van der Waals surface area contributed by atoms with Crippen LogP contribution in [-0.2, 0) is 6.42 Å². The average molecular weight is 332 g/mol. The number of nitrogens with zero attached hydrogens (tertiary/aromatic N) is 2. The molecule has 0 bridgehead atoms. The number of aromatic nitrogens is 1. The third-order valence-corrected chi connectivity index (χ3v) is 4.99. The van der Waals surface area contributed by atoms with Gasteiger partial charge in [-0.15, -0.1) is 0 Å². The van der Waals surface area contributed by atoms with Gasteiger partial charge in [0.15, 0.2) is 0 Å². The Bertz CT molecular complexity index is 926. The molecule has 3 nitrogen and oxygen atoms in total. The molecule has 1 aliphatic heterocycles. The number of pyridine rings is 1. The Morgan fingerprint density at radius 1 is 1.04 bits per heavy atom. The molecule has 0 fully saturated rings. The first kappa shape index (κ1) is 15.9. The molecular weight excluding hydrogens is 308 g/mol. The fraction of sp³-hybridized carbons (Fsp3) is 0.318. The molecule has 0 saturated carbocycles. The van der Waals surface area contributed by atoms with Crippen molar-refractivity contribution in [1.29, 1.82) is 0 Å². The van der Waals surface area contributed by atoms with Gasteiger partial charge in [-0.1, -0.05) is 30.3 Å². The van der Waals surface area contributed by atoms with Crippen molar-refractivity contribution in [2.24, 2.45) is 0 Å². The highest BCUT2D eigenvalue weighted by Gasteiger charge is 2.32. The minimum atomic E-state index is 0.0543. The van der Waals surface area contributed by atoms with Crippen molar-refractivity contribution >= 4 is 16.7 Å². The van der Waals surface area contributed by atoms with Crippen LogP contribution in [0.5, 0.6) is 5.75 Å². The molecule has 0 N–H and O–H groups in total. The van der Waals surface area contributed by atoms with Crippen molar-refractivity contribution in [2.45, 2.75) is 32.7 Å². The van der Waals surface area contributed by atoms with E-state index in [1.54, 1.807) is 7.11 Å². The molecule has 0 saturated heterocycles. The van der Waals surface area contributed by atoms with Crippen molar-refractivity contribution in [3.8, 4) is 16.9 Å². The predicted octanol–water partition coefficient (Wildman–Crippen LogP) is 5.07. The quantitative estimate of drug-likeness (QED) is 0.655.